The maximum Gasteiger partial charge on any atom is 0.262 e. The van der Waals surface area contributed by atoms with Crippen molar-refractivity contribution in [3.63, 3.8) is 0 Å². The summed E-state index contributed by atoms with van der Waals surface area (Å²) >= 11 is 3.43. The van der Waals surface area contributed by atoms with Crippen LogP contribution in [0.2, 0.25) is 0 Å². The van der Waals surface area contributed by atoms with E-state index in [2.05, 4.69) is 15.9 Å². The minimum absolute atomic E-state index is 0.0695. The minimum Gasteiger partial charge on any atom is -0.465 e. The average Bonchev–Trinajstić information content (AvgIpc) is 2.65. The van der Waals surface area contributed by atoms with Crippen LogP contribution in [0.25, 0.3) is 0 Å². The van der Waals surface area contributed by atoms with Gasteiger partial charge < -0.3 is 9.32 Å². The number of nitrogens with zero attached hydrogens (tertiary/aromatic N) is 1. The maximum atomic E-state index is 12.7. The molecule has 2 aromatic rings. The normalized spacial score (nSPS) is 10.7. The molecule has 0 aliphatic carbocycles. The van der Waals surface area contributed by atoms with Crippen LogP contribution in [0.3, 0.4) is 0 Å². The Hall–Kier alpha value is -1.55. The average molecular weight is 336 g/mol. The third-order valence-electron chi connectivity index (χ3n) is 3.64. The van der Waals surface area contributed by atoms with E-state index >= 15 is 0 Å². The first-order valence-corrected chi connectivity index (χ1v) is 7.23. The van der Waals surface area contributed by atoms with Crippen LogP contribution in [0, 0.1) is 27.7 Å². The van der Waals surface area contributed by atoms with Crippen molar-refractivity contribution >= 4 is 27.5 Å². The number of aryl methyl sites for hydroxylation is 3. The fraction of sp³-hybridized carbons (Fsp3) is 0.312. The van der Waals surface area contributed by atoms with Crippen LogP contribution in [0.1, 0.15) is 33.0 Å². The molecule has 0 unspecified atom stereocenters. The molecule has 1 aromatic heterocycles. The fourth-order valence-corrected chi connectivity index (χ4v) is 2.81. The zero-order valence-electron chi connectivity index (χ0n) is 12.4. The fourth-order valence-electron chi connectivity index (χ4n) is 2.28. The van der Waals surface area contributed by atoms with Gasteiger partial charge in [-0.15, -0.1) is 0 Å². The molecule has 0 saturated heterocycles. The van der Waals surface area contributed by atoms with E-state index in [1.54, 1.807) is 11.9 Å². The topological polar surface area (TPSA) is 33.5 Å². The number of carbonyl (C=O) groups excluding carboxylic acids is 1. The number of halogens is 1. The molecular formula is C16H18BrNO2. The number of carbonyl (C=O) groups is 1. The monoisotopic (exact) mass is 335 g/mol. The lowest BCUT2D eigenvalue weighted by Crippen LogP contribution is -2.27. The number of anilines is 1. The molecule has 1 amide bonds. The molecule has 0 aliphatic rings. The van der Waals surface area contributed by atoms with Crippen molar-refractivity contribution in [2.45, 2.75) is 27.7 Å². The van der Waals surface area contributed by atoms with E-state index < -0.39 is 0 Å². The van der Waals surface area contributed by atoms with E-state index in [0.717, 1.165) is 21.5 Å². The van der Waals surface area contributed by atoms with E-state index in [-0.39, 0.29) is 5.91 Å². The summed E-state index contributed by atoms with van der Waals surface area (Å²) in [6, 6.07) is 5.96. The third-order valence-corrected chi connectivity index (χ3v) is 4.60. The number of furan rings is 1. The van der Waals surface area contributed by atoms with Crippen LogP contribution in [-0.4, -0.2) is 13.0 Å². The Labute approximate surface area is 127 Å². The summed E-state index contributed by atoms with van der Waals surface area (Å²) in [4.78, 5) is 14.4. The van der Waals surface area contributed by atoms with E-state index in [0.29, 0.717) is 11.3 Å². The molecular weight excluding hydrogens is 318 g/mol. The number of benzene rings is 1. The Morgan fingerprint density at radius 2 is 1.80 bits per heavy atom. The van der Waals surface area contributed by atoms with Gasteiger partial charge in [0.05, 0.1) is 10.0 Å². The van der Waals surface area contributed by atoms with Crippen LogP contribution in [0.5, 0.6) is 0 Å². The second kappa shape index (κ2) is 5.44. The van der Waals surface area contributed by atoms with Gasteiger partial charge >= 0.3 is 0 Å². The quantitative estimate of drug-likeness (QED) is 0.806. The molecule has 106 valence electrons. The molecule has 1 heterocycles. The van der Waals surface area contributed by atoms with Gasteiger partial charge in [-0.3, -0.25) is 4.79 Å². The summed E-state index contributed by atoms with van der Waals surface area (Å²) in [7, 11) is 1.79. The van der Waals surface area contributed by atoms with E-state index in [1.165, 1.54) is 5.56 Å². The van der Waals surface area contributed by atoms with Gasteiger partial charge in [-0.05, 0) is 60.8 Å². The smallest absolute Gasteiger partial charge is 0.262 e. The molecule has 1 aromatic carbocycles. The van der Waals surface area contributed by atoms with Crippen molar-refractivity contribution in [1.82, 2.24) is 0 Å². The van der Waals surface area contributed by atoms with E-state index in [4.69, 9.17) is 4.42 Å². The van der Waals surface area contributed by atoms with Crippen LogP contribution >= 0.6 is 15.9 Å². The Kier molecular flexibility index (Phi) is 4.04. The first kappa shape index (κ1) is 14.9. The Morgan fingerprint density at radius 3 is 2.35 bits per heavy atom. The summed E-state index contributed by atoms with van der Waals surface area (Å²) in [6.45, 7) is 7.71. The molecule has 0 aliphatic heterocycles. The van der Waals surface area contributed by atoms with Crippen LogP contribution in [-0.2, 0) is 0 Å². The molecule has 20 heavy (non-hydrogen) atoms. The molecule has 0 spiro atoms. The number of hydrogen-bond acceptors (Lipinski definition) is 2. The molecule has 0 fully saturated rings. The molecule has 4 heteroatoms. The van der Waals surface area contributed by atoms with Gasteiger partial charge in [0.15, 0.2) is 0 Å². The molecule has 0 atom stereocenters. The van der Waals surface area contributed by atoms with Gasteiger partial charge in [0.1, 0.15) is 11.5 Å². The van der Waals surface area contributed by atoms with Crippen molar-refractivity contribution in [3.05, 3.63) is 50.9 Å². The lowest BCUT2D eigenvalue weighted by Gasteiger charge is -2.20. The van der Waals surface area contributed by atoms with Gasteiger partial charge in [0.25, 0.3) is 5.91 Å². The second-order valence-corrected chi connectivity index (χ2v) is 5.78. The zero-order valence-corrected chi connectivity index (χ0v) is 14.0. The highest BCUT2D eigenvalue weighted by molar-refractivity contribution is 9.10. The number of rotatable bonds is 2. The molecule has 0 bridgehead atoms. The Balaban J connectivity index is 2.45. The van der Waals surface area contributed by atoms with Crippen LogP contribution in [0.4, 0.5) is 5.69 Å². The molecule has 0 N–H and O–H groups in total. The highest BCUT2D eigenvalue weighted by atomic mass is 79.9. The summed E-state index contributed by atoms with van der Waals surface area (Å²) in [5.74, 6) is 1.29. The predicted molar refractivity (Wildman–Crippen MR) is 84.5 cm³/mol. The van der Waals surface area contributed by atoms with Gasteiger partial charge in [0.2, 0.25) is 0 Å². The summed E-state index contributed by atoms with van der Waals surface area (Å²) in [5.41, 5.74) is 3.78. The third kappa shape index (κ3) is 2.40. The van der Waals surface area contributed by atoms with Gasteiger partial charge in [-0.2, -0.15) is 0 Å². The zero-order chi connectivity index (χ0) is 15.0. The SMILES string of the molecule is Cc1cccc(N(C)C(=O)c2c(C)oc(C)c2Br)c1C. The Morgan fingerprint density at radius 1 is 1.15 bits per heavy atom. The summed E-state index contributed by atoms with van der Waals surface area (Å²) in [5, 5.41) is 0. The van der Waals surface area contributed by atoms with Gasteiger partial charge in [-0.1, -0.05) is 12.1 Å². The summed E-state index contributed by atoms with van der Waals surface area (Å²) < 4.78 is 6.25. The Bertz CT molecular complexity index is 673. The van der Waals surface area contributed by atoms with Crippen LogP contribution < -0.4 is 4.90 Å². The number of amides is 1. The highest BCUT2D eigenvalue weighted by Crippen LogP contribution is 2.30. The summed E-state index contributed by atoms with van der Waals surface area (Å²) in [6.07, 6.45) is 0. The van der Waals surface area contributed by atoms with Crippen molar-refractivity contribution in [3.8, 4) is 0 Å². The first-order valence-electron chi connectivity index (χ1n) is 6.44. The molecule has 0 saturated carbocycles. The highest BCUT2D eigenvalue weighted by Gasteiger charge is 2.24. The van der Waals surface area contributed by atoms with Crippen molar-refractivity contribution < 1.29 is 9.21 Å². The van der Waals surface area contributed by atoms with Crippen molar-refractivity contribution in [1.29, 1.82) is 0 Å². The molecule has 2 rings (SSSR count). The van der Waals surface area contributed by atoms with Crippen LogP contribution in [0.15, 0.2) is 27.1 Å². The predicted octanol–water partition coefficient (Wildman–Crippen LogP) is 4.55. The minimum atomic E-state index is -0.0695. The maximum absolute atomic E-state index is 12.7. The van der Waals surface area contributed by atoms with Crippen molar-refractivity contribution in [2.24, 2.45) is 0 Å². The van der Waals surface area contributed by atoms with Crippen molar-refractivity contribution in [2.75, 3.05) is 11.9 Å². The second-order valence-electron chi connectivity index (χ2n) is 4.99. The lowest BCUT2D eigenvalue weighted by molar-refractivity contribution is 0.0991. The van der Waals surface area contributed by atoms with E-state index in [1.807, 2.05) is 45.9 Å². The largest absolute Gasteiger partial charge is 0.465 e. The van der Waals surface area contributed by atoms with E-state index in [9.17, 15) is 4.79 Å². The molecule has 0 radical (unpaired) electrons. The molecule has 3 nitrogen and oxygen atoms in total. The van der Waals surface area contributed by atoms with Gasteiger partial charge in [-0.25, -0.2) is 0 Å². The first-order chi connectivity index (χ1) is 9.34. The number of hydrogen-bond donors (Lipinski definition) is 0. The lowest BCUT2D eigenvalue weighted by atomic mass is 10.1. The standard InChI is InChI=1S/C16H18BrNO2/c1-9-7-6-8-13(10(9)2)18(5)16(19)14-11(3)20-12(4)15(14)17/h6-8H,1-5H3. The van der Waals surface area contributed by atoms with Gasteiger partial charge in [0, 0.05) is 12.7 Å².